The van der Waals surface area contributed by atoms with E-state index in [0.29, 0.717) is 0 Å². The second kappa shape index (κ2) is 6.09. The van der Waals surface area contributed by atoms with Crippen LogP contribution in [0.15, 0.2) is 35.5 Å². The molecule has 0 aromatic heterocycles. The molecule has 1 aromatic rings. The van der Waals surface area contributed by atoms with E-state index in [1.165, 1.54) is 18.3 Å². The van der Waals surface area contributed by atoms with Crippen molar-refractivity contribution >= 4 is 23.3 Å². The normalized spacial score (nSPS) is 10.9. The predicted molar refractivity (Wildman–Crippen MR) is 66.7 cm³/mol. The van der Waals surface area contributed by atoms with Crippen molar-refractivity contribution in [3.8, 4) is 0 Å². The highest BCUT2D eigenvalue weighted by atomic mass is 16.6. The molecule has 0 aliphatic rings. The van der Waals surface area contributed by atoms with Crippen LogP contribution in [0.5, 0.6) is 0 Å². The lowest BCUT2D eigenvalue weighted by Crippen LogP contribution is -2.00. The fourth-order valence-corrected chi connectivity index (χ4v) is 1.20. The molecule has 1 aromatic carbocycles. The first-order valence-corrected chi connectivity index (χ1v) is 4.90. The number of para-hydroxylation sites is 1. The molecule has 0 fully saturated rings. The molecule has 18 heavy (non-hydrogen) atoms. The van der Waals surface area contributed by atoms with Crippen LogP contribution in [0.1, 0.15) is 6.92 Å². The van der Waals surface area contributed by atoms with E-state index in [-0.39, 0.29) is 5.69 Å². The van der Waals surface area contributed by atoms with Gasteiger partial charge in [0.1, 0.15) is 5.69 Å². The molecule has 0 spiro atoms. The largest absolute Gasteiger partial charge is 0.370 e. The van der Waals surface area contributed by atoms with Crippen LogP contribution in [0.2, 0.25) is 0 Å². The molecule has 8 nitrogen and oxygen atoms in total. The Labute approximate surface area is 102 Å². The summed E-state index contributed by atoms with van der Waals surface area (Å²) in [6.07, 6.45) is 4.70. The fourth-order valence-electron chi connectivity index (χ4n) is 1.20. The second-order valence-electron chi connectivity index (χ2n) is 3.10. The van der Waals surface area contributed by atoms with Gasteiger partial charge in [0.15, 0.2) is 0 Å². The molecule has 0 saturated heterocycles. The van der Waals surface area contributed by atoms with Crippen molar-refractivity contribution in [3.63, 3.8) is 0 Å². The van der Waals surface area contributed by atoms with Gasteiger partial charge in [0, 0.05) is 12.3 Å². The summed E-state index contributed by atoms with van der Waals surface area (Å²) in [6, 6.07) is 3.76. The molecule has 94 valence electrons. The minimum atomic E-state index is -0.814. The van der Waals surface area contributed by atoms with Crippen LogP contribution < -0.4 is 5.43 Å². The van der Waals surface area contributed by atoms with Gasteiger partial charge >= 0.3 is 11.4 Å². The van der Waals surface area contributed by atoms with Gasteiger partial charge in [-0.25, -0.2) is 0 Å². The number of nitro benzene ring substituents is 2. The van der Waals surface area contributed by atoms with E-state index in [9.17, 15) is 20.2 Å². The van der Waals surface area contributed by atoms with Gasteiger partial charge in [-0.15, -0.1) is 0 Å². The molecule has 1 rings (SSSR count). The third-order valence-corrected chi connectivity index (χ3v) is 1.93. The van der Waals surface area contributed by atoms with Crippen molar-refractivity contribution in [3.05, 3.63) is 50.6 Å². The Bertz CT molecular complexity index is 525. The van der Waals surface area contributed by atoms with Crippen LogP contribution >= 0.6 is 0 Å². The molecule has 0 aliphatic carbocycles. The molecule has 0 saturated carbocycles. The molecule has 0 radical (unpaired) electrons. The number of allylic oxidation sites excluding steroid dienone is 2. The number of rotatable bonds is 5. The molecule has 0 amide bonds. The zero-order valence-electron chi connectivity index (χ0n) is 9.44. The van der Waals surface area contributed by atoms with E-state index in [0.717, 1.165) is 6.07 Å². The molecule has 1 N–H and O–H groups in total. The van der Waals surface area contributed by atoms with E-state index in [2.05, 4.69) is 10.5 Å². The summed E-state index contributed by atoms with van der Waals surface area (Å²) < 4.78 is 0. The topological polar surface area (TPSA) is 111 Å². The van der Waals surface area contributed by atoms with Crippen molar-refractivity contribution in [2.45, 2.75) is 6.92 Å². The molecule has 8 heteroatoms. The summed E-state index contributed by atoms with van der Waals surface area (Å²) in [4.78, 5) is 19.9. The molecule has 0 aliphatic heterocycles. The summed E-state index contributed by atoms with van der Waals surface area (Å²) >= 11 is 0. The average molecular weight is 250 g/mol. The summed E-state index contributed by atoms with van der Waals surface area (Å²) in [6.45, 7) is 1.78. The van der Waals surface area contributed by atoms with E-state index < -0.39 is 21.2 Å². The third-order valence-electron chi connectivity index (χ3n) is 1.93. The van der Waals surface area contributed by atoms with Gasteiger partial charge in [-0.3, -0.25) is 25.7 Å². The quantitative estimate of drug-likeness (QED) is 0.490. The number of hydrazone groups is 1. The summed E-state index contributed by atoms with van der Waals surface area (Å²) in [5, 5.41) is 25.2. The van der Waals surface area contributed by atoms with Crippen LogP contribution in [-0.2, 0) is 0 Å². The number of hydrogen-bond donors (Lipinski definition) is 1. The summed E-state index contributed by atoms with van der Waals surface area (Å²) in [5.41, 5.74) is 1.18. The van der Waals surface area contributed by atoms with Crippen molar-refractivity contribution in [1.29, 1.82) is 0 Å². The van der Waals surface area contributed by atoms with Gasteiger partial charge in [0.05, 0.1) is 9.85 Å². The first-order chi connectivity index (χ1) is 8.57. The van der Waals surface area contributed by atoms with Crippen LogP contribution in [-0.4, -0.2) is 16.1 Å². The predicted octanol–water partition coefficient (Wildman–Crippen LogP) is 2.48. The fraction of sp³-hybridized carbons (Fsp3) is 0.100. The Morgan fingerprint density at radius 3 is 2.56 bits per heavy atom. The van der Waals surface area contributed by atoms with E-state index in [1.807, 2.05) is 0 Å². The minimum absolute atomic E-state index is 0.0325. The Balaban J connectivity index is 3.15. The lowest BCUT2D eigenvalue weighted by atomic mass is 10.2. The Morgan fingerprint density at radius 2 is 2.00 bits per heavy atom. The van der Waals surface area contributed by atoms with Crippen LogP contribution in [0.3, 0.4) is 0 Å². The molecular weight excluding hydrogens is 240 g/mol. The van der Waals surface area contributed by atoms with Gasteiger partial charge in [-0.05, 0) is 19.1 Å². The number of benzene rings is 1. The number of nitrogens with one attached hydrogen (secondary N) is 1. The standard InChI is InChI=1S/C10H10N4O4/c1-2-3-7-11-12-8-5-4-6-9(13(15)16)10(8)14(17)18/h2-7,12H,1H3/b3-2+,11-7+. The zero-order valence-corrected chi connectivity index (χ0v) is 9.44. The number of anilines is 1. The molecular formula is C10H10N4O4. The van der Waals surface area contributed by atoms with Gasteiger partial charge in [-0.1, -0.05) is 12.1 Å². The first-order valence-electron chi connectivity index (χ1n) is 4.90. The number of nitro groups is 2. The van der Waals surface area contributed by atoms with E-state index in [4.69, 9.17) is 0 Å². The van der Waals surface area contributed by atoms with Crippen molar-refractivity contribution in [2.75, 3.05) is 5.43 Å². The maximum Gasteiger partial charge on any atom is 0.370 e. The highest BCUT2D eigenvalue weighted by Gasteiger charge is 2.27. The van der Waals surface area contributed by atoms with Gasteiger partial charge < -0.3 is 0 Å². The molecule has 0 unspecified atom stereocenters. The van der Waals surface area contributed by atoms with Crippen molar-refractivity contribution in [2.24, 2.45) is 5.10 Å². The zero-order chi connectivity index (χ0) is 13.5. The molecule has 0 atom stereocenters. The van der Waals surface area contributed by atoms with Gasteiger partial charge in [0.25, 0.3) is 0 Å². The maximum absolute atomic E-state index is 10.8. The Morgan fingerprint density at radius 1 is 1.28 bits per heavy atom. The smallest absolute Gasteiger partial charge is 0.271 e. The monoisotopic (exact) mass is 250 g/mol. The van der Waals surface area contributed by atoms with E-state index in [1.54, 1.807) is 19.1 Å². The average Bonchev–Trinajstić information content (AvgIpc) is 2.33. The van der Waals surface area contributed by atoms with E-state index >= 15 is 0 Å². The maximum atomic E-state index is 10.8. The highest BCUT2D eigenvalue weighted by Crippen LogP contribution is 2.34. The lowest BCUT2D eigenvalue weighted by Gasteiger charge is -2.01. The van der Waals surface area contributed by atoms with Crippen LogP contribution in [0.4, 0.5) is 17.1 Å². The minimum Gasteiger partial charge on any atom is -0.271 e. The highest BCUT2D eigenvalue weighted by molar-refractivity contribution is 5.75. The van der Waals surface area contributed by atoms with Gasteiger partial charge in [0.2, 0.25) is 0 Å². The Hall–Kier alpha value is -2.77. The Kier molecular flexibility index (Phi) is 4.50. The van der Waals surface area contributed by atoms with Crippen molar-refractivity contribution < 1.29 is 9.85 Å². The number of nitrogens with zero attached hydrogens (tertiary/aromatic N) is 3. The van der Waals surface area contributed by atoms with Crippen LogP contribution in [0.25, 0.3) is 0 Å². The summed E-state index contributed by atoms with van der Waals surface area (Å²) in [7, 11) is 0. The summed E-state index contributed by atoms with van der Waals surface area (Å²) in [5.74, 6) is 0. The van der Waals surface area contributed by atoms with Crippen molar-refractivity contribution in [1.82, 2.24) is 0 Å². The SMILES string of the molecule is C/C=C/C=N/Nc1cccc([N+](=O)[O-])c1[N+](=O)[O-]. The first kappa shape index (κ1) is 13.3. The third kappa shape index (κ3) is 3.11. The molecule has 0 bridgehead atoms. The van der Waals surface area contributed by atoms with Crippen LogP contribution in [0, 0.1) is 20.2 Å². The van der Waals surface area contributed by atoms with Gasteiger partial charge in [-0.2, -0.15) is 5.10 Å². The number of hydrogen-bond acceptors (Lipinski definition) is 6. The lowest BCUT2D eigenvalue weighted by molar-refractivity contribution is -0.421. The molecule has 0 heterocycles. The second-order valence-corrected chi connectivity index (χ2v) is 3.10.